The minimum atomic E-state index is -0.483. The Kier molecular flexibility index (Phi) is 5.30. The molecule has 1 saturated heterocycles. The van der Waals surface area contributed by atoms with Crippen molar-refractivity contribution < 1.29 is 9.53 Å². The van der Waals surface area contributed by atoms with Crippen LogP contribution in [0.3, 0.4) is 0 Å². The number of likely N-dealkylation sites (N-methyl/N-ethyl adjacent to an activating group) is 1. The molecule has 0 spiro atoms. The molecule has 0 N–H and O–H groups in total. The number of hydrogen-bond donors (Lipinski definition) is 0. The second-order valence-electron chi connectivity index (χ2n) is 8.30. The van der Waals surface area contributed by atoms with E-state index in [9.17, 15) is 4.79 Å². The van der Waals surface area contributed by atoms with E-state index >= 15 is 0 Å². The number of carbonyl (C=O) groups is 1. The van der Waals surface area contributed by atoms with Gasteiger partial charge in [0.25, 0.3) is 0 Å². The predicted octanol–water partition coefficient (Wildman–Crippen LogP) is 3.25. The third-order valence-electron chi connectivity index (χ3n) is 5.41. The van der Waals surface area contributed by atoms with Crippen LogP contribution >= 0.6 is 0 Å². The quantitative estimate of drug-likeness (QED) is 0.667. The van der Waals surface area contributed by atoms with Crippen LogP contribution in [0.4, 0.5) is 5.82 Å². The largest absolute Gasteiger partial charge is 0.481 e. The van der Waals surface area contributed by atoms with E-state index in [1.807, 2.05) is 65.9 Å². The van der Waals surface area contributed by atoms with Gasteiger partial charge in [0.15, 0.2) is 5.82 Å². The van der Waals surface area contributed by atoms with E-state index in [2.05, 4.69) is 16.9 Å². The molecule has 3 aromatic rings. The number of methoxy groups -OCH3 is 1. The molecule has 0 aliphatic carbocycles. The average molecular weight is 406 g/mol. The number of benzene rings is 1. The third kappa shape index (κ3) is 3.80. The highest BCUT2D eigenvalue weighted by Gasteiger charge is 2.37. The molecule has 1 aromatic carbocycles. The SMILES string of the molecule is COc1ccc(-n2nc(N3CCN(C)CC(C)(C)C3=O)cc2-c2ccccc2)cn1. The molecule has 1 amide bonds. The third-order valence-corrected chi connectivity index (χ3v) is 5.41. The van der Waals surface area contributed by atoms with Crippen LogP contribution in [0.2, 0.25) is 0 Å². The van der Waals surface area contributed by atoms with Crippen molar-refractivity contribution in [2.24, 2.45) is 5.41 Å². The molecule has 3 heterocycles. The number of pyridine rings is 1. The lowest BCUT2D eigenvalue weighted by Crippen LogP contribution is -2.42. The number of hydrogen-bond acceptors (Lipinski definition) is 5. The van der Waals surface area contributed by atoms with Gasteiger partial charge in [-0.25, -0.2) is 9.67 Å². The van der Waals surface area contributed by atoms with Crippen molar-refractivity contribution in [2.45, 2.75) is 13.8 Å². The van der Waals surface area contributed by atoms with Gasteiger partial charge in [0.1, 0.15) is 0 Å². The molecule has 0 atom stereocenters. The number of amides is 1. The predicted molar refractivity (Wildman–Crippen MR) is 117 cm³/mol. The summed E-state index contributed by atoms with van der Waals surface area (Å²) in [6.07, 6.45) is 1.73. The maximum absolute atomic E-state index is 13.3. The van der Waals surface area contributed by atoms with Gasteiger partial charge in [-0.05, 0) is 27.0 Å². The molecule has 7 nitrogen and oxygen atoms in total. The number of rotatable bonds is 4. The first kappa shape index (κ1) is 20.1. The van der Waals surface area contributed by atoms with Crippen molar-refractivity contribution in [2.75, 3.05) is 38.7 Å². The fourth-order valence-electron chi connectivity index (χ4n) is 3.91. The molecule has 0 unspecified atom stereocenters. The van der Waals surface area contributed by atoms with Gasteiger partial charge in [-0.15, -0.1) is 5.10 Å². The van der Waals surface area contributed by atoms with Crippen molar-refractivity contribution in [1.82, 2.24) is 19.7 Å². The molecule has 30 heavy (non-hydrogen) atoms. The lowest BCUT2D eigenvalue weighted by atomic mass is 9.91. The maximum atomic E-state index is 13.3. The van der Waals surface area contributed by atoms with E-state index in [4.69, 9.17) is 9.84 Å². The Bertz CT molecular complexity index is 1030. The summed E-state index contributed by atoms with van der Waals surface area (Å²) >= 11 is 0. The van der Waals surface area contributed by atoms with Gasteiger partial charge >= 0.3 is 0 Å². The number of ether oxygens (including phenoxy) is 1. The summed E-state index contributed by atoms with van der Waals surface area (Å²) in [5, 5.41) is 4.84. The van der Waals surface area contributed by atoms with Crippen LogP contribution in [0.25, 0.3) is 16.9 Å². The zero-order chi connectivity index (χ0) is 21.3. The number of aromatic nitrogens is 3. The lowest BCUT2D eigenvalue weighted by molar-refractivity contribution is -0.126. The average Bonchev–Trinajstić information content (AvgIpc) is 3.15. The van der Waals surface area contributed by atoms with Gasteiger partial charge in [0.2, 0.25) is 11.8 Å². The zero-order valence-corrected chi connectivity index (χ0v) is 17.9. The first-order valence-electron chi connectivity index (χ1n) is 10.1. The van der Waals surface area contributed by atoms with Crippen LogP contribution in [0, 0.1) is 5.41 Å². The van der Waals surface area contributed by atoms with Gasteiger partial charge in [0.05, 0.1) is 30.1 Å². The van der Waals surface area contributed by atoms with Crippen LogP contribution in [0.1, 0.15) is 13.8 Å². The second kappa shape index (κ2) is 7.91. The minimum Gasteiger partial charge on any atom is -0.481 e. The summed E-state index contributed by atoms with van der Waals surface area (Å²) in [7, 11) is 3.64. The summed E-state index contributed by atoms with van der Waals surface area (Å²) in [4.78, 5) is 21.6. The van der Waals surface area contributed by atoms with Gasteiger partial charge in [-0.2, -0.15) is 0 Å². The highest BCUT2D eigenvalue weighted by atomic mass is 16.5. The number of nitrogens with zero attached hydrogens (tertiary/aromatic N) is 5. The topological polar surface area (TPSA) is 63.5 Å². The van der Waals surface area contributed by atoms with Crippen molar-refractivity contribution in [1.29, 1.82) is 0 Å². The Morgan fingerprint density at radius 2 is 1.83 bits per heavy atom. The second-order valence-corrected chi connectivity index (χ2v) is 8.30. The first-order chi connectivity index (χ1) is 14.4. The lowest BCUT2D eigenvalue weighted by Gasteiger charge is -2.27. The van der Waals surface area contributed by atoms with Crippen LogP contribution in [-0.2, 0) is 4.79 Å². The molecular formula is C23H27N5O2. The number of carbonyl (C=O) groups excluding carboxylic acids is 1. The van der Waals surface area contributed by atoms with Gasteiger partial charge in [0, 0.05) is 37.3 Å². The van der Waals surface area contributed by atoms with Crippen LogP contribution < -0.4 is 9.64 Å². The Morgan fingerprint density at radius 3 is 2.50 bits per heavy atom. The van der Waals surface area contributed by atoms with E-state index in [1.54, 1.807) is 19.4 Å². The van der Waals surface area contributed by atoms with Crippen LogP contribution in [0.15, 0.2) is 54.7 Å². The normalized spacial score (nSPS) is 17.1. The Morgan fingerprint density at radius 1 is 1.07 bits per heavy atom. The number of anilines is 1. The van der Waals surface area contributed by atoms with Crippen molar-refractivity contribution in [3.8, 4) is 22.8 Å². The van der Waals surface area contributed by atoms with Crippen LogP contribution in [-0.4, -0.2) is 59.4 Å². The molecule has 0 radical (unpaired) electrons. The summed E-state index contributed by atoms with van der Waals surface area (Å²) < 4.78 is 7.02. The Hall–Kier alpha value is -3.19. The molecule has 1 aliphatic rings. The molecule has 156 valence electrons. The van der Waals surface area contributed by atoms with Crippen molar-refractivity contribution >= 4 is 11.7 Å². The molecule has 2 aromatic heterocycles. The molecular weight excluding hydrogens is 378 g/mol. The van der Waals surface area contributed by atoms with Crippen LogP contribution in [0.5, 0.6) is 5.88 Å². The smallest absolute Gasteiger partial charge is 0.235 e. The van der Waals surface area contributed by atoms with E-state index in [-0.39, 0.29) is 5.91 Å². The molecule has 0 saturated carbocycles. The van der Waals surface area contributed by atoms with Gasteiger partial charge in [-0.3, -0.25) is 9.69 Å². The first-order valence-corrected chi connectivity index (χ1v) is 10.1. The molecule has 1 fully saturated rings. The molecule has 0 bridgehead atoms. The fraction of sp³-hybridized carbons (Fsp3) is 0.348. The summed E-state index contributed by atoms with van der Waals surface area (Å²) in [6, 6.07) is 15.8. The van der Waals surface area contributed by atoms with E-state index in [0.717, 1.165) is 30.0 Å². The fourth-order valence-corrected chi connectivity index (χ4v) is 3.91. The summed E-state index contributed by atoms with van der Waals surface area (Å²) in [6.45, 7) is 6.11. The Balaban J connectivity index is 1.81. The standard InChI is InChI=1S/C23H27N5O2/c1-23(2)16-26(3)12-13-27(22(23)29)20-14-19(17-8-6-5-7-9-17)28(25-20)18-10-11-21(30-4)24-15-18/h5-11,14-15H,12-13,16H2,1-4H3. The van der Waals surface area contributed by atoms with Crippen molar-refractivity contribution in [3.05, 3.63) is 54.7 Å². The monoisotopic (exact) mass is 405 g/mol. The molecule has 4 rings (SSSR count). The highest BCUT2D eigenvalue weighted by molar-refractivity contribution is 5.97. The van der Waals surface area contributed by atoms with Gasteiger partial charge in [-0.1, -0.05) is 30.3 Å². The van der Waals surface area contributed by atoms with E-state index < -0.39 is 5.41 Å². The minimum absolute atomic E-state index is 0.0870. The van der Waals surface area contributed by atoms with Crippen molar-refractivity contribution in [3.63, 3.8) is 0 Å². The van der Waals surface area contributed by atoms with E-state index in [0.29, 0.717) is 18.2 Å². The van der Waals surface area contributed by atoms with Gasteiger partial charge < -0.3 is 9.64 Å². The van der Waals surface area contributed by atoms with E-state index in [1.165, 1.54) is 0 Å². The molecule has 1 aliphatic heterocycles. The Labute approximate surface area is 176 Å². The zero-order valence-electron chi connectivity index (χ0n) is 17.9. The molecule has 7 heteroatoms. The maximum Gasteiger partial charge on any atom is 0.235 e. The summed E-state index contributed by atoms with van der Waals surface area (Å²) in [5.41, 5.74) is 2.25. The summed E-state index contributed by atoms with van der Waals surface area (Å²) in [5.74, 6) is 1.28. The highest BCUT2D eigenvalue weighted by Crippen LogP contribution is 2.31.